The van der Waals surface area contributed by atoms with Gasteiger partial charge in [-0.3, -0.25) is 0 Å². The van der Waals surface area contributed by atoms with E-state index in [-0.39, 0.29) is 0 Å². The van der Waals surface area contributed by atoms with Gasteiger partial charge in [-0.05, 0) is 29.7 Å². The molecule has 1 unspecified atom stereocenters. The molecule has 134 valence electrons. The van der Waals surface area contributed by atoms with Crippen molar-refractivity contribution in [3.05, 3.63) is 60.2 Å². The Morgan fingerprint density at radius 2 is 1.64 bits per heavy atom. The lowest BCUT2D eigenvalue weighted by Gasteiger charge is -2.24. The maximum Gasteiger partial charge on any atom is 0.163 e. The summed E-state index contributed by atoms with van der Waals surface area (Å²) < 4.78 is 0. The van der Waals surface area contributed by atoms with Gasteiger partial charge in [-0.15, -0.1) is 0 Å². The second kappa shape index (κ2) is 8.11. The van der Waals surface area contributed by atoms with E-state index < -0.39 is 11.9 Å². The number of benzene rings is 2. The largest absolute Gasteiger partial charge is 0.391 e. The van der Waals surface area contributed by atoms with Crippen molar-refractivity contribution in [2.45, 2.75) is 37.6 Å². The number of likely N-dealkylation sites (tertiary alicyclic amines) is 1. The van der Waals surface area contributed by atoms with E-state index in [2.05, 4.69) is 29.2 Å². The number of β-amino-alcohol motifs (C(OH)–C–C–N with tert-alkyl or cyclic N) is 1. The molecule has 3 N–H and O–H groups in total. The van der Waals surface area contributed by atoms with Crippen molar-refractivity contribution in [1.82, 2.24) is 4.90 Å². The van der Waals surface area contributed by atoms with Gasteiger partial charge in [0.25, 0.3) is 0 Å². The van der Waals surface area contributed by atoms with Crippen LogP contribution in [0.4, 0.5) is 0 Å². The van der Waals surface area contributed by atoms with E-state index in [1.54, 1.807) is 0 Å². The Bertz CT molecular complexity index is 672. The molecule has 0 saturated carbocycles. The molecule has 0 aliphatic carbocycles. The molecule has 1 heterocycles. The van der Waals surface area contributed by atoms with Crippen molar-refractivity contribution in [3.8, 4) is 11.1 Å². The Balaban J connectivity index is 1.65. The van der Waals surface area contributed by atoms with Gasteiger partial charge in [-0.2, -0.15) is 0 Å². The van der Waals surface area contributed by atoms with Crippen LogP contribution in [-0.4, -0.2) is 51.7 Å². The van der Waals surface area contributed by atoms with Gasteiger partial charge in [0.05, 0.1) is 6.10 Å². The van der Waals surface area contributed by atoms with Crippen LogP contribution in [0.1, 0.15) is 24.8 Å². The van der Waals surface area contributed by atoms with Crippen LogP contribution in [-0.2, 0) is 6.42 Å². The van der Waals surface area contributed by atoms with Gasteiger partial charge in [-0.1, -0.05) is 54.6 Å². The fourth-order valence-electron chi connectivity index (χ4n) is 3.56. The van der Waals surface area contributed by atoms with E-state index in [0.29, 0.717) is 32.4 Å². The number of hydrogen-bond acceptors (Lipinski definition) is 4. The molecule has 0 aromatic heterocycles. The zero-order valence-corrected chi connectivity index (χ0v) is 14.5. The fourth-order valence-corrected chi connectivity index (χ4v) is 3.56. The summed E-state index contributed by atoms with van der Waals surface area (Å²) in [4.78, 5) is 2.13. The molecule has 4 heteroatoms. The van der Waals surface area contributed by atoms with E-state index in [1.807, 2.05) is 30.3 Å². The summed E-state index contributed by atoms with van der Waals surface area (Å²) >= 11 is 0. The summed E-state index contributed by atoms with van der Waals surface area (Å²) in [6.07, 6.45) is 1.58. The Hall–Kier alpha value is -1.72. The Labute approximate surface area is 149 Å². The first-order chi connectivity index (χ1) is 12.0. The van der Waals surface area contributed by atoms with E-state index in [9.17, 15) is 15.3 Å². The second-order valence-electron chi connectivity index (χ2n) is 7.02. The quantitative estimate of drug-likeness (QED) is 0.731. The Morgan fingerprint density at radius 1 is 0.920 bits per heavy atom. The number of hydrogen-bond donors (Lipinski definition) is 3. The van der Waals surface area contributed by atoms with Gasteiger partial charge >= 0.3 is 0 Å². The molecule has 0 spiro atoms. The first-order valence-corrected chi connectivity index (χ1v) is 9.02. The summed E-state index contributed by atoms with van der Waals surface area (Å²) in [7, 11) is 0. The number of aliphatic hydroxyl groups is 3. The summed E-state index contributed by atoms with van der Waals surface area (Å²) in [5, 5.41) is 30.1. The highest BCUT2D eigenvalue weighted by Crippen LogP contribution is 2.25. The fraction of sp³-hybridized carbons (Fsp3) is 0.429. The minimum absolute atomic E-state index is 0.334. The highest BCUT2D eigenvalue weighted by Gasteiger charge is 2.27. The smallest absolute Gasteiger partial charge is 0.163 e. The average Bonchev–Trinajstić information content (AvgIpc) is 2.77. The van der Waals surface area contributed by atoms with Crippen LogP contribution in [0, 0.1) is 0 Å². The lowest BCUT2D eigenvalue weighted by molar-refractivity contribution is -0.167. The van der Waals surface area contributed by atoms with Crippen LogP contribution in [0.15, 0.2) is 54.6 Å². The predicted octanol–water partition coefficient (Wildman–Crippen LogP) is 2.42. The minimum atomic E-state index is -1.56. The Kier molecular flexibility index (Phi) is 5.86. The van der Waals surface area contributed by atoms with Crippen molar-refractivity contribution < 1.29 is 15.3 Å². The first-order valence-electron chi connectivity index (χ1n) is 9.02. The van der Waals surface area contributed by atoms with Gasteiger partial charge < -0.3 is 20.2 Å². The zero-order valence-electron chi connectivity index (χ0n) is 14.5. The van der Waals surface area contributed by atoms with Crippen molar-refractivity contribution in [1.29, 1.82) is 0 Å². The van der Waals surface area contributed by atoms with E-state index in [4.69, 9.17) is 0 Å². The maximum atomic E-state index is 10.6. The van der Waals surface area contributed by atoms with Crippen LogP contribution in [0.5, 0.6) is 0 Å². The van der Waals surface area contributed by atoms with Crippen LogP contribution in [0.3, 0.4) is 0 Å². The molecular formula is C21H27NO3. The van der Waals surface area contributed by atoms with Gasteiger partial charge in [0.2, 0.25) is 0 Å². The molecule has 0 radical (unpaired) electrons. The van der Waals surface area contributed by atoms with E-state index in [1.165, 1.54) is 0 Å². The molecule has 1 saturated heterocycles. The summed E-state index contributed by atoms with van der Waals surface area (Å²) in [5.41, 5.74) is 3.45. The molecule has 1 fully saturated rings. The zero-order chi connectivity index (χ0) is 17.7. The Morgan fingerprint density at radius 3 is 2.44 bits per heavy atom. The number of aliphatic hydroxyl groups excluding tert-OH is 1. The summed E-state index contributed by atoms with van der Waals surface area (Å²) in [6.45, 7) is 1.95. The van der Waals surface area contributed by atoms with Gasteiger partial charge in [0.15, 0.2) is 5.79 Å². The molecule has 1 atom stereocenters. The summed E-state index contributed by atoms with van der Waals surface area (Å²) in [6, 6.07) is 18.4. The molecule has 2 aromatic rings. The number of nitrogens with zero attached hydrogens (tertiary/aromatic N) is 1. The first kappa shape index (κ1) is 18.1. The second-order valence-corrected chi connectivity index (χ2v) is 7.02. The number of rotatable bonds is 5. The third-order valence-electron chi connectivity index (χ3n) is 4.91. The van der Waals surface area contributed by atoms with Crippen molar-refractivity contribution in [2.75, 3.05) is 19.6 Å². The third-order valence-corrected chi connectivity index (χ3v) is 4.91. The molecule has 25 heavy (non-hydrogen) atoms. The molecule has 2 aromatic carbocycles. The van der Waals surface area contributed by atoms with Crippen LogP contribution in [0.2, 0.25) is 0 Å². The topological polar surface area (TPSA) is 63.9 Å². The van der Waals surface area contributed by atoms with E-state index in [0.717, 1.165) is 29.7 Å². The lowest BCUT2D eigenvalue weighted by atomic mass is 9.96. The summed E-state index contributed by atoms with van der Waals surface area (Å²) in [5.74, 6) is -1.56. The molecule has 3 rings (SSSR count). The monoisotopic (exact) mass is 341 g/mol. The lowest BCUT2D eigenvalue weighted by Crippen LogP contribution is -2.36. The minimum Gasteiger partial charge on any atom is -0.391 e. The van der Waals surface area contributed by atoms with Crippen molar-refractivity contribution in [2.24, 2.45) is 0 Å². The normalized spacial score (nSPS) is 19.3. The third kappa shape index (κ3) is 5.13. The van der Waals surface area contributed by atoms with Gasteiger partial charge in [0.1, 0.15) is 0 Å². The SMILES string of the molecule is OC(Cc1ccccc1-c1ccccc1)CN1CCCC(O)(O)CC1. The molecule has 1 aliphatic rings. The maximum absolute atomic E-state index is 10.6. The molecular weight excluding hydrogens is 314 g/mol. The van der Waals surface area contributed by atoms with Crippen LogP contribution in [0.25, 0.3) is 11.1 Å². The molecule has 4 nitrogen and oxygen atoms in total. The highest BCUT2D eigenvalue weighted by atomic mass is 16.5. The highest BCUT2D eigenvalue weighted by molar-refractivity contribution is 5.67. The van der Waals surface area contributed by atoms with Crippen LogP contribution < -0.4 is 0 Å². The molecule has 0 amide bonds. The van der Waals surface area contributed by atoms with E-state index >= 15 is 0 Å². The molecule has 1 aliphatic heterocycles. The van der Waals surface area contributed by atoms with Crippen molar-refractivity contribution in [3.63, 3.8) is 0 Å². The average molecular weight is 341 g/mol. The van der Waals surface area contributed by atoms with Crippen molar-refractivity contribution >= 4 is 0 Å². The van der Waals surface area contributed by atoms with Gasteiger partial charge in [0, 0.05) is 32.4 Å². The van der Waals surface area contributed by atoms with Gasteiger partial charge in [-0.25, -0.2) is 0 Å². The molecule has 0 bridgehead atoms. The standard InChI is InChI=1S/C21H27NO3/c23-19(16-22-13-6-11-21(24,25)12-14-22)15-18-9-4-5-10-20(18)17-7-2-1-3-8-17/h1-5,7-10,19,23-25H,6,11-16H2. The van der Waals surface area contributed by atoms with Crippen LogP contribution >= 0.6 is 0 Å². The predicted molar refractivity (Wildman–Crippen MR) is 99.0 cm³/mol.